The van der Waals surface area contributed by atoms with E-state index in [-0.39, 0.29) is 11.3 Å². The molecule has 0 aliphatic rings. The van der Waals surface area contributed by atoms with Crippen LogP contribution in [0.5, 0.6) is 11.5 Å². The van der Waals surface area contributed by atoms with Gasteiger partial charge in [0.25, 0.3) is 5.91 Å². The first-order valence-corrected chi connectivity index (χ1v) is 8.95. The summed E-state index contributed by atoms with van der Waals surface area (Å²) in [6.45, 7) is 0. The predicted molar refractivity (Wildman–Crippen MR) is 103 cm³/mol. The number of esters is 1. The number of nitrogens with one attached hydrogen (secondary N) is 2. The highest BCUT2D eigenvalue weighted by Gasteiger charge is 2.63. The molecular formula is C19H16ClF5N2O5. The zero-order chi connectivity index (χ0) is 24.2. The predicted octanol–water partition coefficient (Wildman–Crippen LogP) is 4.14. The molecule has 32 heavy (non-hydrogen) atoms. The highest BCUT2D eigenvalue weighted by atomic mass is 35.5. The van der Waals surface area contributed by atoms with Crippen LogP contribution in [0.15, 0.2) is 48.5 Å². The first-order chi connectivity index (χ1) is 14.8. The minimum atomic E-state index is -5.39. The van der Waals surface area contributed by atoms with Crippen LogP contribution in [-0.2, 0) is 9.53 Å². The van der Waals surface area contributed by atoms with Crippen molar-refractivity contribution < 1.29 is 45.8 Å². The van der Waals surface area contributed by atoms with Crippen molar-refractivity contribution in [1.82, 2.24) is 5.32 Å². The van der Waals surface area contributed by atoms with Gasteiger partial charge in [-0.05, 0) is 48.5 Å². The first-order valence-electron chi connectivity index (χ1n) is 8.57. The van der Waals surface area contributed by atoms with E-state index in [1.54, 1.807) is 5.32 Å². The summed E-state index contributed by atoms with van der Waals surface area (Å²) in [5.74, 6) is -3.25. The fourth-order valence-corrected chi connectivity index (χ4v) is 2.57. The van der Waals surface area contributed by atoms with E-state index >= 15 is 0 Å². The molecule has 13 heteroatoms. The Hall–Kier alpha value is -3.28. The van der Waals surface area contributed by atoms with Gasteiger partial charge in [-0.3, -0.25) is 4.79 Å². The lowest BCUT2D eigenvalue weighted by Gasteiger charge is -2.35. The molecule has 174 valence electrons. The molecule has 1 atom stereocenters. The summed E-state index contributed by atoms with van der Waals surface area (Å²) in [7, 11) is 2.05. The highest BCUT2D eigenvalue weighted by Crippen LogP contribution is 2.34. The Morgan fingerprint density at radius 2 is 1.41 bits per heavy atom. The average Bonchev–Trinajstić information content (AvgIpc) is 2.72. The standard InChI is InChI=1S/C19H16ClF5N2O5/c1-30-13-7-3-11(4-8-13)15(28)27-17(16(29)31-2,18(21,22)23)26-12-5-9-14(10-6-12)32-19(20,24)25/h3-10,26H,1-2H3,(H,27,28)/t17-/m0/s1. The molecule has 0 saturated heterocycles. The van der Waals surface area contributed by atoms with Crippen LogP contribution in [0.2, 0.25) is 0 Å². The molecule has 2 N–H and O–H groups in total. The van der Waals surface area contributed by atoms with E-state index in [1.807, 2.05) is 5.32 Å². The summed E-state index contributed by atoms with van der Waals surface area (Å²) in [6.07, 6.45) is -5.39. The van der Waals surface area contributed by atoms with E-state index in [2.05, 4.69) is 21.1 Å². The van der Waals surface area contributed by atoms with Crippen molar-refractivity contribution in [1.29, 1.82) is 0 Å². The van der Waals surface area contributed by atoms with Crippen molar-refractivity contribution in [2.75, 3.05) is 19.5 Å². The lowest BCUT2D eigenvalue weighted by molar-refractivity contribution is -0.203. The molecule has 0 radical (unpaired) electrons. The number of anilines is 1. The Morgan fingerprint density at radius 1 is 0.875 bits per heavy atom. The number of methoxy groups -OCH3 is 2. The van der Waals surface area contributed by atoms with Gasteiger partial charge in [-0.1, -0.05) is 0 Å². The van der Waals surface area contributed by atoms with E-state index in [9.17, 15) is 31.5 Å². The van der Waals surface area contributed by atoms with Gasteiger partial charge in [-0.25, -0.2) is 4.79 Å². The molecule has 0 aromatic heterocycles. The van der Waals surface area contributed by atoms with Crippen LogP contribution in [0.25, 0.3) is 0 Å². The van der Waals surface area contributed by atoms with E-state index in [0.717, 1.165) is 24.3 Å². The van der Waals surface area contributed by atoms with E-state index in [0.29, 0.717) is 12.9 Å². The maximum Gasteiger partial charge on any atom is 0.487 e. The summed E-state index contributed by atoms with van der Waals surface area (Å²) < 4.78 is 80.8. The van der Waals surface area contributed by atoms with Crippen LogP contribution in [0.1, 0.15) is 10.4 Å². The molecule has 7 nitrogen and oxygen atoms in total. The summed E-state index contributed by atoms with van der Waals surface area (Å²) in [5, 5.41) is 3.48. The minimum absolute atomic E-state index is 0.210. The fourth-order valence-electron chi connectivity index (χ4n) is 2.49. The Kier molecular flexibility index (Phi) is 7.39. The lowest BCUT2D eigenvalue weighted by Crippen LogP contribution is -2.69. The number of alkyl halides is 6. The Bertz CT molecular complexity index is 949. The van der Waals surface area contributed by atoms with Gasteiger partial charge in [0, 0.05) is 22.9 Å². The van der Waals surface area contributed by atoms with Crippen molar-refractivity contribution in [3.8, 4) is 11.5 Å². The third-order valence-corrected chi connectivity index (χ3v) is 4.07. The number of rotatable bonds is 8. The number of halogens is 6. The van der Waals surface area contributed by atoms with Crippen LogP contribution in [0.4, 0.5) is 27.6 Å². The number of ether oxygens (including phenoxy) is 3. The van der Waals surface area contributed by atoms with Gasteiger partial charge in [-0.2, -0.15) is 13.2 Å². The van der Waals surface area contributed by atoms with E-state index < -0.39 is 35.0 Å². The molecule has 0 unspecified atom stereocenters. The number of benzene rings is 2. The maximum atomic E-state index is 14.1. The van der Waals surface area contributed by atoms with E-state index in [1.165, 1.54) is 31.4 Å². The molecule has 0 spiro atoms. The third kappa shape index (κ3) is 5.90. The summed E-state index contributed by atoms with van der Waals surface area (Å²) in [6, 6.07) is 8.60. The summed E-state index contributed by atoms with van der Waals surface area (Å²) in [5.41, 5.74) is -8.34. The van der Waals surface area contributed by atoms with Crippen LogP contribution in [0.3, 0.4) is 0 Å². The second-order valence-electron chi connectivity index (χ2n) is 6.12. The third-order valence-electron chi connectivity index (χ3n) is 3.99. The van der Waals surface area contributed by atoms with Gasteiger partial charge >= 0.3 is 23.4 Å². The van der Waals surface area contributed by atoms with Crippen molar-refractivity contribution in [3.05, 3.63) is 54.1 Å². The number of hydrogen-bond donors (Lipinski definition) is 2. The smallest absolute Gasteiger partial charge is 0.487 e. The summed E-state index contributed by atoms with van der Waals surface area (Å²) in [4.78, 5) is 24.7. The second kappa shape index (κ2) is 9.47. The van der Waals surface area contributed by atoms with Crippen molar-refractivity contribution >= 4 is 29.2 Å². The molecule has 0 bridgehead atoms. The molecular weight excluding hydrogens is 467 g/mol. The number of amides is 1. The number of carbonyl (C=O) groups is 2. The molecule has 1 amide bonds. The van der Waals surface area contributed by atoms with Crippen molar-refractivity contribution in [2.45, 2.75) is 17.4 Å². The average molecular weight is 483 g/mol. The molecule has 2 aromatic rings. The quantitative estimate of drug-likeness (QED) is 0.255. The molecule has 0 aliphatic heterocycles. The highest BCUT2D eigenvalue weighted by molar-refractivity contribution is 6.20. The lowest BCUT2D eigenvalue weighted by atomic mass is 10.1. The Morgan fingerprint density at radius 3 is 1.84 bits per heavy atom. The van der Waals surface area contributed by atoms with Crippen LogP contribution >= 0.6 is 11.6 Å². The minimum Gasteiger partial charge on any atom is -0.497 e. The molecule has 0 fully saturated rings. The fraction of sp³-hybridized carbons (Fsp3) is 0.263. The van der Waals surface area contributed by atoms with Gasteiger partial charge in [0.15, 0.2) is 0 Å². The zero-order valence-corrected chi connectivity index (χ0v) is 17.2. The molecule has 0 saturated carbocycles. The monoisotopic (exact) mass is 482 g/mol. The SMILES string of the molecule is COC(=O)[C@@](NC(=O)c1ccc(OC)cc1)(Nc1ccc(OC(F)(F)Cl)cc1)C(F)(F)F. The number of hydrogen-bond acceptors (Lipinski definition) is 6. The van der Waals surface area contributed by atoms with Gasteiger partial charge in [-0.15, -0.1) is 8.78 Å². The molecule has 0 aliphatic carbocycles. The maximum absolute atomic E-state index is 14.1. The Labute approximate surface area is 183 Å². The topological polar surface area (TPSA) is 85.9 Å². The second-order valence-corrected chi connectivity index (χ2v) is 6.56. The number of carbonyl (C=O) groups excluding carboxylic acids is 2. The van der Waals surface area contributed by atoms with Gasteiger partial charge in [0.1, 0.15) is 11.5 Å². The molecule has 2 rings (SSSR count). The van der Waals surface area contributed by atoms with Gasteiger partial charge in [0.05, 0.1) is 14.2 Å². The normalized spacial score (nSPS) is 13.5. The zero-order valence-electron chi connectivity index (χ0n) is 16.4. The van der Waals surface area contributed by atoms with Crippen LogP contribution in [0, 0.1) is 0 Å². The van der Waals surface area contributed by atoms with Crippen LogP contribution in [-0.4, -0.2) is 43.5 Å². The molecule has 2 aromatic carbocycles. The Balaban J connectivity index is 2.40. The van der Waals surface area contributed by atoms with Gasteiger partial charge < -0.3 is 24.8 Å². The summed E-state index contributed by atoms with van der Waals surface area (Å²) >= 11 is 4.63. The largest absolute Gasteiger partial charge is 0.497 e. The van der Waals surface area contributed by atoms with Crippen molar-refractivity contribution in [3.63, 3.8) is 0 Å². The van der Waals surface area contributed by atoms with E-state index in [4.69, 9.17) is 4.74 Å². The first kappa shape index (κ1) is 25.0. The molecule has 0 heterocycles. The van der Waals surface area contributed by atoms with Crippen LogP contribution < -0.4 is 20.1 Å². The van der Waals surface area contributed by atoms with Gasteiger partial charge in [0.2, 0.25) is 0 Å². The van der Waals surface area contributed by atoms with Crippen molar-refractivity contribution in [2.24, 2.45) is 0 Å².